The fraction of sp³-hybridized carbons (Fsp3) is 0.533. The van der Waals surface area contributed by atoms with Crippen LogP contribution in [0.5, 0.6) is 0 Å². The van der Waals surface area contributed by atoms with E-state index in [1.165, 1.54) is 0 Å². The molecule has 1 aromatic rings. The Morgan fingerprint density at radius 3 is 2.90 bits per heavy atom. The van der Waals surface area contributed by atoms with Gasteiger partial charge in [-0.15, -0.1) is 0 Å². The molecule has 20 heavy (non-hydrogen) atoms. The van der Waals surface area contributed by atoms with Crippen molar-refractivity contribution < 1.29 is 14.3 Å². The van der Waals surface area contributed by atoms with Gasteiger partial charge < -0.3 is 20.5 Å². The number of carbonyl (C=O) groups excluding carboxylic acids is 1. The number of nitrogens with two attached hydrogens (primary N) is 1. The minimum atomic E-state index is -0.457. The summed E-state index contributed by atoms with van der Waals surface area (Å²) in [7, 11) is 1.64. The number of hydrogen-bond donors (Lipinski definition) is 2. The zero-order chi connectivity index (χ0) is 14.8. The number of hydrogen-bond acceptors (Lipinski definition) is 4. The van der Waals surface area contributed by atoms with Crippen molar-refractivity contribution in [3.05, 3.63) is 29.8 Å². The predicted octanol–water partition coefficient (Wildman–Crippen LogP) is 1.92. The van der Waals surface area contributed by atoms with E-state index in [4.69, 9.17) is 15.2 Å². The summed E-state index contributed by atoms with van der Waals surface area (Å²) >= 11 is 0. The zero-order valence-corrected chi connectivity index (χ0v) is 12.2. The van der Waals surface area contributed by atoms with Crippen LogP contribution in [0.15, 0.2) is 24.3 Å². The molecule has 112 valence electrons. The van der Waals surface area contributed by atoms with Gasteiger partial charge in [0.25, 0.3) is 0 Å². The Labute approximate surface area is 120 Å². The molecule has 0 aliphatic heterocycles. The molecular weight excluding hydrogens is 256 g/mol. The lowest BCUT2D eigenvalue weighted by molar-refractivity contribution is -0.117. The van der Waals surface area contributed by atoms with Crippen LogP contribution in [0, 0.1) is 0 Å². The molecule has 0 aliphatic carbocycles. The average Bonchev–Trinajstić information content (AvgIpc) is 2.44. The standard InChI is InChI=1S/C15H24N2O3/c1-3-5-14(16)15(18)17-13-7-4-6-12(10-13)11-20-9-8-19-2/h4,6-7,10,14H,3,5,8-9,11,16H2,1-2H3,(H,17,18)/t14-/m0/s1. The lowest BCUT2D eigenvalue weighted by Gasteiger charge is -2.12. The van der Waals surface area contributed by atoms with Crippen molar-refractivity contribution in [1.29, 1.82) is 0 Å². The maximum Gasteiger partial charge on any atom is 0.241 e. The summed E-state index contributed by atoms with van der Waals surface area (Å²) < 4.78 is 10.4. The van der Waals surface area contributed by atoms with Crippen molar-refractivity contribution in [3.63, 3.8) is 0 Å². The van der Waals surface area contributed by atoms with E-state index in [-0.39, 0.29) is 5.91 Å². The first-order valence-electron chi connectivity index (χ1n) is 6.89. The molecule has 1 aromatic carbocycles. The Bertz CT molecular complexity index is 410. The fourth-order valence-corrected chi connectivity index (χ4v) is 1.75. The third-order valence-electron chi connectivity index (χ3n) is 2.83. The number of rotatable bonds is 9. The van der Waals surface area contributed by atoms with E-state index in [9.17, 15) is 4.79 Å². The van der Waals surface area contributed by atoms with Crippen LogP contribution in [0.2, 0.25) is 0 Å². The highest BCUT2D eigenvalue weighted by atomic mass is 16.5. The summed E-state index contributed by atoms with van der Waals surface area (Å²) in [6.07, 6.45) is 1.58. The van der Waals surface area contributed by atoms with E-state index in [0.29, 0.717) is 26.2 Å². The van der Waals surface area contributed by atoms with Crippen LogP contribution in [0.25, 0.3) is 0 Å². The first-order chi connectivity index (χ1) is 9.67. The van der Waals surface area contributed by atoms with Crippen LogP contribution < -0.4 is 11.1 Å². The minimum absolute atomic E-state index is 0.149. The van der Waals surface area contributed by atoms with Gasteiger partial charge in [0.15, 0.2) is 0 Å². The molecule has 1 amide bonds. The second-order valence-electron chi connectivity index (χ2n) is 4.63. The maximum absolute atomic E-state index is 11.8. The van der Waals surface area contributed by atoms with Crippen LogP contribution >= 0.6 is 0 Å². The molecule has 5 nitrogen and oxygen atoms in total. The van der Waals surface area contributed by atoms with E-state index in [0.717, 1.165) is 17.7 Å². The second kappa shape index (κ2) is 9.47. The summed E-state index contributed by atoms with van der Waals surface area (Å²) in [5, 5.41) is 2.82. The van der Waals surface area contributed by atoms with Gasteiger partial charge in [0, 0.05) is 12.8 Å². The van der Waals surface area contributed by atoms with Crippen molar-refractivity contribution >= 4 is 11.6 Å². The molecule has 0 unspecified atom stereocenters. The highest BCUT2D eigenvalue weighted by molar-refractivity contribution is 5.94. The molecule has 1 atom stereocenters. The molecule has 0 spiro atoms. The molecular formula is C15H24N2O3. The predicted molar refractivity (Wildman–Crippen MR) is 79.5 cm³/mol. The molecule has 1 rings (SSSR count). The van der Waals surface area contributed by atoms with E-state index in [2.05, 4.69) is 5.32 Å². The fourth-order valence-electron chi connectivity index (χ4n) is 1.75. The van der Waals surface area contributed by atoms with Gasteiger partial charge in [-0.2, -0.15) is 0 Å². The second-order valence-corrected chi connectivity index (χ2v) is 4.63. The van der Waals surface area contributed by atoms with E-state index >= 15 is 0 Å². The first kappa shape index (κ1) is 16.6. The van der Waals surface area contributed by atoms with Gasteiger partial charge in [-0.05, 0) is 24.1 Å². The monoisotopic (exact) mass is 280 g/mol. The lowest BCUT2D eigenvalue weighted by Crippen LogP contribution is -2.35. The summed E-state index contributed by atoms with van der Waals surface area (Å²) in [6.45, 7) is 3.62. The van der Waals surface area contributed by atoms with Gasteiger partial charge in [-0.1, -0.05) is 25.5 Å². The Morgan fingerprint density at radius 2 is 2.20 bits per heavy atom. The highest BCUT2D eigenvalue weighted by Crippen LogP contribution is 2.12. The van der Waals surface area contributed by atoms with Gasteiger partial charge in [-0.25, -0.2) is 0 Å². The normalized spacial score (nSPS) is 12.2. The molecule has 0 aliphatic rings. The third-order valence-corrected chi connectivity index (χ3v) is 2.83. The summed E-state index contributed by atoms with van der Waals surface area (Å²) in [6, 6.07) is 7.12. The van der Waals surface area contributed by atoms with Crippen molar-refractivity contribution in [1.82, 2.24) is 0 Å². The third kappa shape index (κ3) is 6.14. The number of carbonyl (C=O) groups is 1. The summed E-state index contributed by atoms with van der Waals surface area (Å²) in [4.78, 5) is 11.8. The van der Waals surface area contributed by atoms with Gasteiger partial charge in [0.05, 0.1) is 25.9 Å². The van der Waals surface area contributed by atoms with Crippen LogP contribution in [0.1, 0.15) is 25.3 Å². The van der Waals surface area contributed by atoms with Crippen LogP contribution in [0.3, 0.4) is 0 Å². The molecule has 0 bridgehead atoms. The Hall–Kier alpha value is -1.43. The van der Waals surface area contributed by atoms with E-state index < -0.39 is 6.04 Å². The van der Waals surface area contributed by atoms with Gasteiger partial charge >= 0.3 is 0 Å². The quantitative estimate of drug-likeness (QED) is 0.678. The zero-order valence-electron chi connectivity index (χ0n) is 12.2. The van der Waals surface area contributed by atoms with E-state index in [1.807, 2.05) is 31.2 Å². The molecule has 0 saturated carbocycles. The van der Waals surface area contributed by atoms with Crippen LogP contribution in [0.4, 0.5) is 5.69 Å². The number of nitrogens with one attached hydrogen (secondary N) is 1. The Kier molecular flexibility index (Phi) is 7.87. The van der Waals surface area contributed by atoms with Crippen LogP contribution in [-0.4, -0.2) is 32.3 Å². The molecule has 3 N–H and O–H groups in total. The Morgan fingerprint density at radius 1 is 1.40 bits per heavy atom. The molecule has 5 heteroatoms. The van der Waals surface area contributed by atoms with Crippen molar-refractivity contribution in [2.75, 3.05) is 25.6 Å². The molecule has 0 radical (unpaired) electrons. The number of ether oxygens (including phenoxy) is 2. The Balaban J connectivity index is 2.48. The molecule has 0 saturated heterocycles. The average molecular weight is 280 g/mol. The van der Waals surface area contributed by atoms with Crippen molar-refractivity contribution in [2.45, 2.75) is 32.4 Å². The number of methoxy groups -OCH3 is 1. The largest absolute Gasteiger partial charge is 0.382 e. The topological polar surface area (TPSA) is 73.6 Å². The highest BCUT2D eigenvalue weighted by Gasteiger charge is 2.12. The van der Waals surface area contributed by atoms with Crippen molar-refractivity contribution in [3.8, 4) is 0 Å². The molecule has 0 fully saturated rings. The SMILES string of the molecule is CCC[C@H](N)C(=O)Nc1cccc(COCCOC)c1. The first-order valence-corrected chi connectivity index (χ1v) is 6.89. The number of benzene rings is 1. The minimum Gasteiger partial charge on any atom is -0.382 e. The number of amides is 1. The van der Waals surface area contributed by atoms with Crippen molar-refractivity contribution in [2.24, 2.45) is 5.73 Å². The maximum atomic E-state index is 11.8. The summed E-state index contributed by atoms with van der Waals surface area (Å²) in [5.74, 6) is -0.149. The number of anilines is 1. The van der Waals surface area contributed by atoms with E-state index in [1.54, 1.807) is 7.11 Å². The molecule has 0 aromatic heterocycles. The smallest absolute Gasteiger partial charge is 0.241 e. The molecule has 0 heterocycles. The lowest BCUT2D eigenvalue weighted by atomic mass is 10.1. The van der Waals surface area contributed by atoms with Gasteiger partial charge in [-0.3, -0.25) is 4.79 Å². The summed E-state index contributed by atoms with van der Waals surface area (Å²) in [5.41, 5.74) is 7.52. The van der Waals surface area contributed by atoms with Gasteiger partial charge in [0.1, 0.15) is 0 Å². The van der Waals surface area contributed by atoms with Crippen LogP contribution in [-0.2, 0) is 20.9 Å². The van der Waals surface area contributed by atoms with Gasteiger partial charge in [0.2, 0.25) is 5.91 Å².